The van der Waals surface area contributed by atoms with E-state index in [1.807, 2.05) is 6.92 Å². The Hall–Kier alpha value is -0.510. The molecule has 8 heteroatoms. The molecule has 0 aliphatic carbocycles. The van der Waals surface area contributed by atoms with Crippen LogP contribution in [0.2, 0.25) is 0 Å². The van der Waals surface area contributed by atoms with Crippen molar-refractivity contribution in [3.63, 3.8) is 0 Å². The lowest BCUT2D eigenvalue weighted by Crippen LogP contribution is -2.75. The summed E-state index contributed by atoms with van der Waals surface area (Å²) in [5, 5.41) is 2.60. The Kier molecular flexibility index (Phi) is 3.76. The second-order valence-corrected chi connectivity index (χ2v) is 7.23. The van der Waals surface area contributed by atoms with Gasteiger partial charge in [0.25, 0.3) is 0 Å². The number of fused-ring (bicyclic) bond motifs is 1. The summed E-state index contributed by atoms with van der Waals surface area (Å²) in [7, 11) is 1.27. The Morgan fingerprint density at radius 2 is 2.26 bits per heavy atom. The van der Waals surface area contributed by atoms with E-state index in [4.69, 9.17) is 4.74 Å². The molecule has 0 aromatic rings. The van der Waals surface area contributed by atoms with E-state index in [-0.39, 0.29) is 17.2 Å². The fourth-order valence-corrected chi connectivity index (χ4v) is 5.38. The molecule has 2 aliphatic heterocycles. The van der Waals surface area contributed by atoms with Crippen LogP contribution in [0.3, 0.4) is 0 Å². The molecular formula is C11H15IN2O4S. The number of amides is 2. The average molecular weight is 398 g/mol. The first-order valence-electron chi connectivity index (χ1n) is 5.75. The molecule has 0 bridgehead atoms. The van der Waals surface area contributed by atoms with Gasteiger partial charge in [-0.1, -0.05) is 22.6 Å². The Morgan fingerprint density at radius 3 is 2.68 bits per heavy atom. The van der Waals surface area contributed by atoms with Crippen molar-refractivity contribution in [3.8, 4) is 0 Å². The smallest absolute Gasteiger partial charge is 0.354 e. The number of ether oxygens (including phenoxy) is 1. The monoisotopic (exact) mass is 398 g/mol. The highest BCUT2D eigenvalue weighted by atomic mass is 127. The largest absolute Gasteiger partial charge is 0.466 e. The topological polar surface area (TPSA) is 75.7 Å². The first-order valence-corrected chi connectivity index (χ1v) is 8.16. The standard InChI is InChI=1S/C11H15IN2O4S/c1-6(15)13-11(9(17)18-3)10(2,5-12)19-8-4-7(16)14(8)11/h8H,4-5H2,1-3H3,(H,13,15)/t8-,10?,11?/m1/s1. The Balaban J connectivity index is 2.55. The van der Waals surface area contributed by atoms with Gasteiger partial charge in [0.2, 0.25) is 17.5 Å². The van der Waals surface area contributed by atoms with Crippen molar-refractivity contribution in [2.24, 2.45) is 0 Å². The van der Waals surface area contributed by atoms with Gasteiger partial charge in [0, 0.05) is 11.4 Å². The van der Waals surface area contributed by atoms with Crippen molar-refractivity contribution in [2.75, 3.05) is 11.5 Å². The molecule has 1 N–H and O–H groups in total. The van der Waals surface area contributed by atoms with Gasteiger partial charge in [0.15, 0.2) is 0 Å². The number of hydrogen-bond acceptors (Lipinski definition) is 5. The third-order valence-corrected chi connectivity index (χ3v) is 7.17. The number of carbonyl (C=O) groups excluding carboxylic acids is 3. The van der Waals surface area contributed by atoms with Gasteiger partial charge in [-0.2, -0.15) is 0 Å². The molecule has 2 rings (SSSR count). The van der Waals surface area contributed by atoms with Gasteiger partial charge in [-0.15, -0.1) is 11.8 Å². The highest BCUT2D eigenvalue weighted by molar-refractivity contribution is 14.1. The molecule has 0 aromatic heterocycles. The first-order chi connectivity index (χ1) is 8.82. The lowest BCUT2D eigenvalue weighted by molar-refractivity contribution is -0.175. The average Bonchev–Trinajstić information content (AvgIpc) is 2.53. The van der Waals surface area contributed by atoms with Crippen molar-refractivity contribution >= 4 is 52.1 Å². The summed E-state index contributed by atoms with van der Waals surface area (Å²) in [5.74, 6) is -1.09. The molecule has 2 aliphatic rings. The molecule has 2 heterocycles. The second-order valence-electron chi connectivity index (χ2n) is 4.79. The number of hydrogen-bond donors (Lipinski definition) is 1. The zero-order chi connectivity index (χ0) is 14.4. The quantitative estimate of drug-likeness (QED) is 0.324. The molecule has 19 heavy (non-hydrogen) atoms. The van der Waals surface area contributed by atoms with Gasteiger partial charge in [-0.05, 0) is 6.92 Å². The number of halogens is 1. The van der Waals surface area contributed by atoms with Crippen LogP contribution >= 0.6 is 34.4 Å². The molecule has 2 fully saturated rings. The summed E-state index contributed by atoms with van der Waals surface area (Å²) in [6, 6.07) is 0. The third-order valence-electron chi connectivity index (χ3n) is 3.52. The van der Waals surface area contributed by atoms with Crippen LogP contribution in [0.4, 0.5) is 0 Å². The number of nitrogens with zero attached hydrogens (tertiary/aromatic N) is 1. The number of rotatable bonds is 3. The van der Waals surface area contributed by atoms with Crippen molar-refractivity contribution in [2.45, 2.75) is 36.1 Å². The van der Waals surface area contributed by atoms with Crippen LogP contribution in [0.1, 0.15) is 20.3 Å². The number of thioether (sulfide) groups is 1. The lowest BCUT2D eigenvalue weighted by Gasteiger charge is -2.47. The maximum Gasteiger partial charge on any atom is 0.354 e. The van der Waals surface area contributed by atoms with Crippen LogP contribution in [-0.2, 0) is 19.1 Å². The maximum atomic E-state index is 12.3. The highest BCUT2D eigenvalue weighted by Crippen LogP contribution is 2.56. The number of methoxy groups -OCH3 is 1. The molecule has 6 nitrogen and oxygen atoms in total. The van der Waals surface area contributed by atoms with E-state index < -0.39 is 16.4 Å². The fourth-order valence-electron chi connectivity index (χ4n) is 2.61. The minimum absolute atomic E-state index is 0.0711. The number of alkyl halides is 1. The van der Waals surface area contributed by atoms with E-state index in [0.717, 1.165) is 0 Å². The van der Waals surface area contributed by atoms with Crippen LogP contribution < -0.4 is 5.32 Å². The fraction of sp³-hybridized carbons (Fsp3) is 0.727. The van der Waals surface area contributed by atoms with Gasteiger partial charge < -0.3 is 10.1 Å². The summed E-state index contributed by atoms with van der Waals surface area (Å²) in [5.41, 5.74) is -1.40. The number of nitrogens with one attached hydrogen (secondary N) is 1. The molecule has 0 saturated carbocycles. The predicted octanol–water partition coefficient (Wildman–Crippen LogP) is 0.491. The Morgan fingerprint density at radius 1 is 1.63 bits per heavy atom. The molecular weight excluding hydrogens is 383 g/mol. The lowest BCUT2D eigenvalue weighted by atomic mass is 9.89. The van der Waals surface area contributed by atoms with Crippen LogP contribution in [0, 0.1) is 0 Å². The molecule has 0 spiro atoms. The van der Waals surface area contributed by atoms with E-state index in [9.17, 15) is 14.4 Å². The van der Waals surface area contributed by atoms with Crippen LogP contribution in [0.5, 0.6) is 0 Å². The third kappa shape index (κ3) is 1.86. The van der Waals surface area contributed by atoms with E-state index in [1.165, 1.54) is 18.9 Å². The van der Waals surface area contributed by atoms with Crippen molar-refractivity contribution in [3.05, 3.63) is 0 Å². The maximum absolute atomic E-state index is 12.3. The summed E-state index contributed by atoms with van der Waals surface area (Å²) >= 11 is 3.71. The zero-order valence-electron chi connectivity index (χ0n) is 10.9. The SMILES string of the molecule is COC(=O)C1(NC(C)=O)N2C(=O)C[C@H]2SC1(C)CI. The molecule has 106 valence electrons. The number of β-lactam (4-membered cyclic amide) rings is 1. The highest BCUT2D eigenvalue weighted by Gasteiger charge is 2.71. The van der Waals surface area contributed by atoms with Crippen LogP contribution in [0.25, 0.3) is 0 Å². The molecule has 2 saturated heterocycles. The van der Waals surface area contributed by atoms with E-state index >= 15 is 0 Å². The molecule has 3 atom stereocenters. The molecule has 2 unspecified atom stereocenters. The zero-order valence-corrected chi connectivity index (χ0v) is 13.8. The van der Waals surface area contributed by atoms with Gasteiger partial charge in [0.1, 0.15) is 0 Å². The summed E-state index contributed by atoms with van der Waals surface area (Å²) in [6.45, 7) is 3.21. The van der Waals surface area contributed by atoms with Gasteiger partial charge >= 0.3 is 5.97 Å². The Labute approximate surface area is 129 Å². The summed E-state index contributed by atoms with van der Waals surface area (Å²) in [4.78, 5) is 37.2. The number of carbonyl (C=O) groups is 3. The van der Waals surface area contributed by atoms with E-state index in [2.05, 4.69) is 27.9 Å². The van der Waals surface area contributed by atoms with Gasteiger partial charge in [-0.25, -0.2) is 4.79 Å². The molecule has 0 radical (unpaired) electrons. The minimum Gasteiger partial charge on any atom is -0.466 e. The Bertz CT molecular complexity index is 460. The van der Waals surface area contributed by atoms with E-state index in [1.54, 1.807) is 11.8 Å². The second kappa shape index (κ2) is 4.80. The van der Waals surface area contributed by atoms with Gasteiger partial charge in [0.05, 0.1) is 23.7 Å². The minimum atomic E-state index is -1.40. The van der Waals surface area contributed by atoms with Crippen molar-refractivity contribution in [1.29, 1.82) is 0 Å². The summed E-state index contributed by atoms with van der Waals surface area (Å²) in [6.07, 6.45) is 0.398. The van der Waals surface area contributed by atoms with Gasteiger partial charge in [-0.3, -0.25) is 14.5 Å². The van der Waals surface area contributed by atoms with Crippen LogP contribution in [0.15, 0.2) is 0 Å². The van der Waals surface area contributed by atoms with Crippen LogP contribution in [-0.4, -0.2) is 50.0 Å². The van der Waals surface area contributed by atoms with Crippen molar-refractivity contribution in [1.82, 2.24) is 10.2 Å². The first kappa shape index (κ1) is 14.9. The number of esters is 1. The molecule has 2 amide bonds. The summed E-state index contributed by atoms with van der Waals surface area (Å²) < 4.78 is 4.87. The molecule has 0 aromatic carbocycles. The normalized spacial score (nSPS) is 36.5. The van der Waals surface area contributed by atoms with Crippen molar-refractivity contribution < 1.29 is 19.1 Å². The van der Waals surface area contributed by atoms with E-state index in [0.29, 0.717) is 10.8 Å². The predicted molar refractivity (Wildman–Crippen MR) is 78.7 cm³/mol.